The van der Waals surface area contributed by atoms with E-state index < -0.39 is 0 Å². The van der Waals surface area contributed by atoms with Gasteiger partial charge < -0.3 is 0 Å². The number of benzene rings is 1. The monoisotopic (exact) mass is 367 g/mol. The minimum absolute atomic E-state index is 0.0253. The van der Waals surface area contributed by atoms with Crippen LogP contribution in [0.3, 0.4) is 0 Å². The summed E-state index contributed by atoms with van der Waals surface area (Å²) in [7, 11) is 0. The molecular weight excluding hydrogens is 350 g/mol. The van der Waals surface area contributed by atoms with Crippen molar-refractivity contribution in [2.24, 2.45) is 0 Å². The number of fused-ring (bicyclic) bond motifs is 1. The van der Waals surface area contributed by atoms with Gasteiger partial charge in [0, 0.05) is 23.8 Å². The molecule has 0 saturated heterocycles. The van der Waals surface area contributed by atoms with Crippen LogP contribution in [-0.2, 0) is 6.42 Å². The highest BCUT2D eigenvalue weighted by Gasteiger charge is 2.37. The lowest BCUT2D eigenvalue weighted by Crippen LogP contribution is -2.35. The van der Waals surface area contributed by atoms with Crippen LogP contribution in [-0.4, -0.2) is 24.3 Å². The molecule has 1 aromatic carbocycles. The summed E-state index contributed by atoms with van der Waals surface area (Å²) in [4.78, 5) is 21.5. The van der Waals surface area contributed by atoms with Crippen LogP contribution < -0.4 is 5.69 Å². The van der Waals surface area contributed by atoms with Gasteiger partial charge in [-0.05, 0) is 42.9 Å². The van der Waals surface area contributed by atoms with E-state index in [9.17, 15) is 4.79 Å². The van der Waals surface area contributed by atoms with E-state index in [1.165, 1.54) is 5.56 Å². The first-order valence-corrected chi connectivity index (χ1v) is 9.30. The Kier molecular flexibility index (Phi) is 3.67. The SMILES string of the molecule is O=c1n(C2CC(c3cccc(Cl)c3)C2)nc2n1C(c1cnccn1)CC2. The molecule has 2 aliphatic rings. The highest BCUT2D eigenvalue weighted by Crippen LogP contribution is 2.44. The zero-order chi connectivity index (χ0) is 17.7. The van der Waals surface area contributed by atoms with Gasteiger partial charge in [0.15, 0.2) is 0 Å². The number of halogens is 1. The van der Waals surface area contributed by atoms with Gasteiger partial charge in [0.2, 0.25) is 0 Å². The molecule has 1 saturated carbocycles. The predicted molar refractivity (Wildman–Crippen MR) is 97.4 cm³/mol. The summed E-state index contributed by atoms with van der Waals surface area (Å²) in [6.07, 6.45) is 8.56. The van der Waals surface area contributed by atoms with Gasteiger partial charge in [0.1, 0.15) is 5.82 Å². The van der Waals surface area contributed by atoms with Gasteiger partial charge in [0.05, 0.1) is 24.0 Å². The van der Waals surface area contributed by atoms with E-state index in [1.54, 1.807) is 27.8 Å². The van der Waals surface area contributed by atoms with E-state index in [0.29, 0.717) is 5.92 Å². The largest absolute Gasteiger partial charge is 0.346 e. The average molecular weight is 368 g/mol. The maximum atomic E-state index is 13.0. The molecule has 0 bridgehead atoms. The summed E-state index contributed by atoms with van der Waals surface area (Å²) in [5.41, 5.74) is 2.05. The van der Waals surface area contributed by atoms with Crippen LogP contribution in [0.2, 0.25) is 5.02 Å². The second-order valence-electron chi connectivity index (χ2n) is 7.08. The number of hydrogen-bond acceptors (Lipinski definition) is 4. The molecule has 5 rings (SSSR count). The average Bonchev–Trinajstić information content (AvgIpc) is 3.16. The Labute approximate surface area is 155 Å². The molecule has 1 aliphatic heterocycles. The molecule has 2 aromatic heterocycles. The van der Waals surface area contributed by atoms with E-state index in [4.69, 9.17) is 11.6 Å². The molecule has 0 spiro atoms. The van der Waals surface area contributed by atoms with Crippen molar-refractivity contribution < 1.29 is 0 Å². The molecule has 1 fully saturated rings. The standard InChI is InChI=1S/C19H18ClN5O/c20-14-3-1-2-12(8-14)13-9-15(10-13)25-19(26)24-17(4-5-18(24)23-25)16-11-21-6-7-22-16/h1-3,6-8,11,13,15,17H,4-5,9-10H2. The number of nitrogens with zero attached hydrogens (tertiary/aromatic N) is 5. The molecular formula is C19H18ClN5O. The molecule has 7 heteroatoms. The van der Waals surface area contributed by atoms with Crippen molar-refractivity contribution in [3.05, 3.63) is 75.4 Å². The van der Waals surface area contributed by atoms with Crippen molar-refractivity contribution >= 4 is 11.6 Å². The Hall–Kier alpha value is -2.47. The van der Waals surface area contributed by atoms with Gasteiger partial charge in [0.25, 0.3) is 0 Å². The molecule has 26 heavy (non-hydrogen) atoms. The normalized spacial score (nSPS) is 24.3. The summed E-state index contributed by atoms with van der Waals surface area (Å²) < 4.78 is 3.48. The molecule has 6 nitrogen and oxygen atoms in total. The lowest BCUT2D eigenvalue weighted by atomic mass is 9.76. The highest BCUT2D eigenvalue weighted by atomic mass is 35.5. The molecule has 3 heterocycles. The fourth-order valence-corrected chi connectivity index (χ4v) is 4.33. The lowest BCUT2D eigenvalue weighted by Gasteiger charge is -2.35. The number of rotatable bonds is 3. The van der Waals surface area contributed by atoms with Gasteiger partial charge in [-0.1, -0.05) is 23.7 Å². The zero-order valence-corrected chi connectivity index (χ0v) is 14.9. The Morgan fingerprint density at radius 3 is 2.85 bits per heavy atom. The van der Waals surface area contributed by atoms with Gasteiger partial charge in [-0.3, -0.25) is 14.5 Å². The quantitative estimate of drug-likeness (QED) is 0.713. The molecule has 1 unspecified atom stereocenters. The van der Waals surface area contributed by atoms with Crippen molar-refractivity contribution in [1.29, 1.82) is 0 Å². The molecule has 0 amide bonds. The van der Waals surface area contributed by atoms with Crippen LogP contribution in [0.1, 0.15) is 54.3 Å². The third-order valence-electron chi connectivity index (χ3n) is 5.56. The number of aromatic nitrogens is 5. The molecule has 1 aliphatic carbocycles. The summed E-state index contributed by atoms with van der Waals surface area (Å²) in [5, 5.41) is 5.39. The summed E-state index contributed by atoms with van der Waals surface area (Å²) in [6.45, 7) is 0. The zero-order valence-electron chi connectivity index (χ0n) is 14.1. The van der Waals surface area contributed by atoms with E-state index in [1.807, 2.05) is 18.2 Å². The van der Waals surface area contributed by atoms with Crippen LogP contribution in [0, 0.1) is 0 Å². The van der Waals surface area contributed by atoms with Crippen LogP contribution in [0.15, 0.2) is 47.7 Å². The van der Waals surface area contributed by atoms with Gasteiger partial charge in [-0.2, -0.15) is 5.10 Å². The van der Waals surface area contributed by atoms with Crippen LogP contribution in [0.25, 0.3) is 0 Å². The minimum atomic E-state index is -0.0521. The third-order valence-corrected chi connectivity index (χ3v) is 5.80. The van der Waals surface area contributed by atoms with Crippen molar-refractivity contribution in [2.75, 3.05) is 0 Å². The molecule has 3 aromatic rings. The maximum Gasteiger partial charge on any atom is 0.346 e. The van der Waals surface area contributed by atoms with Crippen LogP contribution >= 0.6 is 11.6 Å². The Bertz CT molecular complexity index is 1010. The molecule has 132 valence electrons. The van der Waals surface area contributed by atoms with Gasteiger partial charge >= 0.3 is 5.69 Å². The maximum absolute atomic E-state index is 13.0. The van der Waals surface area contributed by atoms with Crippen LogP contribution in [0.5, 0.6) is 0 Å². The molecule has 0 radical (unpaired) electrons. The first-order valence-electron chi connectivity index (χ1n) is 8.92. The minimum Gasteiger partial charge on any atom is -0.270 e. The number of aryl methyl sites for hydroxylation is 1. The Balaban J connectivity index is 1.39. The fourth-order valence-electron chi connectivity index (χ4n) is 4.14. The van der Waals surface area contributed by atoms with E-state index in [0.717, 1.165) is 42.2 Å². The number of hydrogen-bond donors (Lipinski definition) is 0. The first kappa shape index (κ1) is 15.8. The third kappa shape index (κ3) is 2.48. The second-order valence-corrected chi connectivity index (χ2v) is 7.51. The second kappa shape index (κ2) is 6.06. The first-order chi connectivity index (χ1) is 12.7. The summed E-state index contributed by atoms with van der Waals surface area (Å²) in [5.74, 6) is 1.30. The van der Waals surface area contributed by atoms with E-state index >= 15 is 0 Å². The van der Waals surface area contributed by atoms with Gasteiger partial charge in [-0.15, -0.1) is 0 Å². The summed E-state index contributed by atoms with van der Waals surface area (Å²) >= 11 is 6.09. The van der Waals surface area contributed by atoms with E-state index in [2.05, 4.69) is 21.1 Å². The Morgan fingerprint density at radius 2 is 2.08 bits per heavy atom. The smallest absolute Gasteiger partial charge is 0.270 e. The molecule has 1 atom stereocenters. The topological polar surface area (TPSA) is 65.6 Å². The van der Waals surface area contributed by atoms with Gasteiger partial charge in [-0.25, -0.2) is 9.48 Å². The predicted octanol–water partition coefficient (Wildman–Crippen LogP) is 3.14. The Morgan fingerprint density at radius 1 is 1.19 bits per heavy atom. The molecule has 0 N–H and O–H groups in total. The summed E-state index contributed by atoms with van der Waals surface area (Å²) in [6, 6.07) is 8.09. The van der Waals surface area contributed by atoms with Crippen molar-refractivity contribution in [1.82, 2.24) is 24.3 Å². The highest BCUT2D eigenvalue weighted by molar-refractivity contribution is 6.30. The van der Waals surface area contributed by atoms with Crippen molar-refractivity contribution in [3.8, 4) is 0 Å². The lowest BCUT2D eigenvalue weighted by molar-refractivity contribution is 0.236. The van der Waals surface area contributed by atoms with Crippen molar-refractivity contribution in [2.45, 2.75) is 43.7 Å². The fraction of sp³-hybridized carbons (Fsp3) is 0.368. The van der Waals surface area contributed by atoms with E-state index in [-0.39, 0.29) is 17.8 Å². The van der Waals surface area contributed by atoms with Crippen LogP contribution in [0.4, 0.5) is 0 Å². The van der Waals surface area contributed by atoms with Crippen molar-refractivity contribution in [3.63, 3.8) is 0 Å².